The Hall–Kier alpha value is -4.58. The standard InChI is InChI=1S/C36H44N4O7S/c1-21-22(2)32(23(3)28-19-36(4,5)47-31(21)28)48(44,45)39-34(37-6)38-18-12-17-30(33(41)42)40(7)35(43)46-20-29-26-15-10-8-13-24(26)25-14-9-11-16-27(25)29/h8-11,13-16,29-30H,12,17-20H2,1-7H3,(H,41,42)(H2,37,38,39)/t30-/m0/s1. The molecule has 3 N–H and O–H groups in total. The van der Waals surface area contributed by atoms with Crippen molar-refractivity contribution in [2.24, 2.45) is 4.99 Å². The Morgan fingerprint density at radius 2 is 1.65 bits per heavy atom. The maximum Gasteiger partial charge on any atom is 0.410 e. The molecule has 1 aliphatic carbocycles. The number of aliphatic imine (C=N–C) groups is 1. The number of sulfonamides is 1. The van der Waals surface area contributed by atoms with E-state index >= 15 is 0 Å². The molecule has 0 spiro atoms. The molecule has 256 valence electrons. The normalized spacial score (nSPS) is 15.5. The predicted octanol–water partition coefficient (Wildman–Crippen LogP) is 5.29. The average molecular weight is 677 g/mol. The first-order valence-electron chi connectivity index (χ1n) is 16.0. The van der Waals surface area contributed by atoms with Crippen LogP contribution in [0.5, 0.6) is 5.75 Å². The van der Waals surface area contributed by atoms with Crippen LogP contribution in [0.2, 0.25) is 0 Å². The van der Waals surface area contributed by atoms with E-state index in [0.717, 1.165) is 44.0 Å². The first-order chi connectivity index (χ1) is 22.7. The predicted molar refractivity (Wildman–Crippen MR) is 184 cm³/mol. The highest BCUT2D eigenvalue weighted by molar-refractivity contribution is 7.90. The lowest BCUT2D eigenvalue weighted by atomic mass is 9.94. The van der Waals surface area contributed by atoms with E-state index < -0.39 is 33.7 Å². The third-order valence-electron chi connectivity index (χ3n) is 9.34. The lowest BCUT2D eigenvalue weighted by Gasteiger charge is -2.25. The molecule has 0 radical (unpaired) electrons. The minimum Gasteiger partial charge on any atom is -0.487 e. The van der Waals surface area contributed by atoms with E-state index in [4.69, 9.17) is 9.47 Å². The molecule has 0 saturated heterocycles. The van der Waals surface area contributed by atoms with Crippen LogP contribution in [0.1, 0.15) is 66.0 Å². The van der Waals surface area contributed by atoms with Gasteiger partial charge >= 0.3 is 12.1 Å². The summed E-state index contributed by atoms with van der Waals surface area (Å²) in [6.45, 7) is 9.66. The van der Waals surface area contributed by atoms with Crippen LogP contribution in [-0.2, 0) is 26.0 Å². The first-order valence-corrected chi connectivity index (χ1v) is 17.5. The van der Waals surface area contributed by atoms with Gasteiger partial charge in [-0.1, -0.05) is 48.5 Å². The van der Waals surface area contributed by atoms with Crippen LogP contribution in [0, 0.1) is 20.8 Å². The van der Waals surface area contributed by atoms with E-state index in [1.807, 2.05) is 69.3 Å². The van der Waals surface area contributed by atoms with Crippen molar-refractivity contribution in [3.05, 3.63) is 81.9 Å². The summed E-state index contributed by atoms with van der Waals surface area (Å²) in [5.74, 6) is -0.541. The van der Waals surface area contributed by atoms with E-state index in [-0.39, 0.29) is 36.3 Å². The minimum atomic E-state index is -4.02. The highest BCUT2D eigenvalue weighted by atomic mass is 32.2. The van der Waals surface area contributed by atoms with Crippen molar-refractivity contribution < 1.29 is 32.6 Å². The zero-order valence-corrected chi connectivity index (χ0v) is 29.3. The minimum absolute atomic E-state index is 0.0281. The highest BCUT2D eigenvalue weighted by Crippen LogP contribution is 2.45. The summed E-state index contributed by atoms with van der Waals surface area (Å²) >= 11 is 0. The summed E-state index contributed by atoms with van der Waals surface area (Å²) in [5.41, 5.74) is 6.81. The molecular weight excluding hydrogens is 632 g/mol. The largest absolute Gasteiger partial charge is 0.487 e. The van der Waals surface area contributed by atoms with Gasteiger partial charge in [0, 0.05) is 38.5 Å². The number of hydrogen-bond donors (Lipinski definition) is 3. The van der Waals surface area contributed by atoms with Gasteiger partial charge in [-0.3, -0.25) is 9.89 Å². The van der Waals surface area contributed by atoms with Gasteiger partial charge in [-0.05, 0) is 86.4 Å². The number of aliphatic carboxylic acids is 1. The van der Waals surface area contributed by atoms with E-state index in [1.165, 1.54) is 14.1 Å². The molecule has 0 unspecified atom stereocenters. The molecule has 5 rings (SSSR count). The number of guanidine groups is 1. The third kappa shape index (κ3) is 6.71. The number of carboxylic acids is 1. The number of rotatable bonds is 10. The van der Waals surface area contributed by atoms with Gasteiger partial charge in [0.05, 0.1) is 4.90 Å². The fourth-order valence-electron chi connectivity index (χ4n) is 6.79. The van der Waals surface area contributed by atoms with Gasteiger partial charge in [-0.2, -0.15) is 0 Å². The van der Waals surface area contributed by atoms with Crippen molar-refractivity contribution in [1.82, 2.24) is 14.9 Å². The van der Waals surface area contributed by atoms with Crippen LogP contribution in [0.4, 0.5) is 4.79 Å². The van der Waals surface area contributed by atoms with Gasteiger partial charge in [0.15, 0.2) is 0 Å². The van der Waals surface area contributed by atoms with Crippen molar-refractivity contribution in [3.63, 3.8) is 0 Å². The van der Waals surface area contributed by atoms with Crippen molar-refractivity contribution >= 4 is 28.0 Å². The molecular formula is C36H44N4O7S. The topological polar surface area (TPSA) is 147 Å². The molecule has 48 heavy (non-hydrogen) atoms. The van der Waals surface area contributed by atoms with Gasteiger partial charge < -0.3 is 19.9 Å². The number of carbonyl (C=O) groups excluding carboxylic acids is 1. The van der Waals surface area contributed by atoms with Gasteiger partial charge in [0.1, 0.15) is 24.0 Å². The third-order valence-corrected chi connectivity index (χ3v) is 11.0. The molecule has 3 aromatic carbocycles. The summed E-state index contributed by atoms with van der Waals surface area (Å²) in [5, 5.41) is 12.9. The first kappa shape index (κ1) is 34.7. The van der Waals surface area contributed by atoms with Crippen molar-refractivity contribution in [2.45, 2.75) is 76.3 Å². The van der Waals surface area contributed by atoms with Crippen LogP contribution in [-0.4, -0.2) is 75.3 Å². The number of amides is 1. The van der Waals surface area contributed by atoms with Crippen molar-refractivity contribution in [2.75, 3.05) is 27.2 Å². The number of fused-ring (bicyclic) bond motifs is 4. The number of benzene rings is 3. The van der Waals surface area contributed by atoms with Crippen LogP contribution in [0.15, 0.2) is 58.4 Å². The number of nitrogens with one attached hydrogen (secondary N) is 2. The van der Waals surface area contributed by atoms with Crippen LogP contribution in [0.3, 0.4) is 0 Å². The fourth-order valence-corrected chi connectivity index (χ4v) is 8.40. The lowest BCUT2D eigenvalue weighted by molar-refractivity contribution is -0.142. The van der Waals surface area contributed by atoms with E-state index in [0.29, 0.717) is 24.0 Å². The van der Waals surface area contributed by atoms with E-state index in [1.54, 1.807) is 13.8 Å². The Bertz CT molecular complexity index is 1840. The molecule has 11 nitrogen and oxygen atoms in total. The Morgan fingerprint density at radius 1 is 1.04 bits per heavy atom. The lowest BCUT2D eigenvalue weighted by Crippen LogP contribution is -2.44. The Balaban J connectivity index is 1.17. The number of carbonyl (C=O) groups is 2. The van der Waals surface area contributed by atoms with Gasteiger partial charge in [-0.15, -0.1) is 0 Å². The quantitative estimate of drug-likeness (QED) is 0.149. The molecule has 0 bridgehead atoms. The zero-order valence-electron chi connectivity index (χ0n) is 28.5. The van der Waals surface area contributed by atoms with Gasteiger partial charge in [0.2, 0.25) is 5.96 Å². The van der Waals surface area contributed by atoms with Crippen LogP contribution in [0.25, 0.3) is 11.1 Å². The maximum atomic E-state index is 13.6. The van der Waals surface area contributed by atoms with Crippen molar-refractivity contribution in [3.8, 4) is 16.9 Å². The molecule has 2 aliphatic rings. The van der Waals surface area contributed by atoms with Crippen LogP contribution >= 0.6 is 0 Å². The molecule has 0 aromatic heterocycles. The monoisotopic (exact) mass is 676 g/mol. The number of ether oxygens (including phenoxy) is 2. The Kier molecular flexibility index (Phi) is 9.77. The zero-order chi connectivity index (χ0) is 35.0. The summed E-state index contributed by atoms with van der Waals surface area (Å²) < 4.78 is 41.6. The molecule has 3 aromatic rings. The molecule has 12 heteroatoms. The second-order valence-corrected chi connectivity index (χ2v) is 14.7. The fraction of sp³-hybridized carbons (Fsp3) is 0.417. The summed E-state index contributed by atoms with van der Waals surface area (Å²) in [7, 11) is -1.15. The maximum absolute atomic E-state index is 13.6. The smallest absolute Gasteiger partial charge is 0.410 e. The SMILES string of the molecule is CN=C(NCCC[C@@H](C(=O)O)N(C)C(=O)OCC1c2ccccc2-c2ccccc21)NS(=O)(=O)c1c(C)c(C)c2c(c1C)CC(C)(C)O2. The number of carboxylic acid groups (broad SMARTS) is 1. The Morgan fingerprint density at radius 3 is 2.23 bits per heavy atom. The second-order valence-electron chi connectivity index (χ2n) is 13.1. The summed E-state index contributed by atoms with van der Waals surface area (Å²) in [6, 6.07) is 14.8. The van der Waals surface area contributed by atoms with E-state index in [9.17, 15) is 23.1 Å². The number of likely N-dealkylation sites (N-methyl/N-ethyl adjacent to an activating group) is 1. The van der Waals surface area contributed by atoms with Crippen LogP contribution < -0.4 is 14.8 Å². The van der Waals surface area contributed by atoms with E-state index in [2.05, 4.69) is 15.0 Å². The molecule has 1 aliphatic heterocycles. The highest BCUT2D eigenvalue weighted by Gasteiger charge is 2.37. The second kappa shape index (κ2) is 13.5. The summed E-state index contributed by atoms with van der Waals surface area (Å²) in [6.07, 6.45) is 0.274. The molecule has 0 saturated carbocycles. The number of nitrogens with zero attached hydrogens (tertiary/aromatic N) is 2. The molecule has 1 heterocycles. The summed E-state index contributed by atoms with van der Waals surface area (Å²) in [4.78, 5) is 30.6. The molecule has 1 atom stereocenters. The molecule has 1 amide bonds. The van der Waals surface area contributed by atoms with Crippen molar-refractivity contribution in [1.29, 1.82) is 0 Å². The molecule has 0 fully saturated rings. The Labute approximate surface area is 282 Å². The van der Waals surface area contributed by atoms with Gasteiger partial charge in [0.25, 0.3) is 10.0 Å². The van der Waals surface area contributed by atoms with Gasteiger partial charge in [-0.25, -0.2) is 22.7 Å². The average Bonchev–Trinajstić information content (AvgIpc) is 3.55. The number of hydrogen-bond acceptors (Lipinski definition) is 7.